The molecule has 122 valence electrons. The Kier molecular flexibility index (Phi) is 3.39. The molecule has 2 saturated heterocycles. The maximum atomic E-state index is 12.3. The van der Waals surface area contributed by atoms with Crippen LogP contribution in [0.25, 0.3) is 0 Å². The van der Waals surface area contributed by atoms with Crippen molar-refractivity contribution < 1.29 is 14.4 Å². The number of hydrogen-bond donors (Lipinski definition) is 1. The first kappa shape index (κ1) is 14.9. The van der Waals surface area contributed by atoms with Gasteiger partial charge in [0.15, 0.2) is 6.10 Å². The molecular weight excluding hydrogens is 304 g/mol. The van der Waals surface area contributed by atoms with Gasteiger partial charge in [0.2, 0.25) is 5.91 Å². The largest absolute Gasteiger partial charge is 0.294 e. The summed E-state index contributed by atoms with van der Waals surface area (Å²) < 4.78 is 0. The van der Waals surface area contributed by atoms with Crippen LogP contribution in [-0.4, -0.2) is 17.9 Å². The number of nitrogens with one attached hydrogen (secondary N) is 1. The van der Waals surface area contributed by atoms with Crippen LogP contribution >= 0.6 is 0 Å². The van der Waals surface area contributed by atoms with Crippen LogP contribution in [0.4, 0.5) is 5.69 Å². The third-order valence-corrected chi connectivity index (χ3v) is 4.73. The molecule has 0 aromatic heterocycles. The molecule has 0 saturated carbocycles. The lowest BCUT2D eigenvalue weighted by Crippen LogP contribution is -2.33. The molecule has 2 heterocycles. The second kappa shape index (κ2) is 5.46. The van der Waals surface area contributed by atoms with E-state index in [9.17, 15) is 9.59 Å². The summed E-state index contributed by atoms with van der Waals surface area (Å²) in [5.41, 5.74) is 4.00. The zero-order chi connectivity index (χ0) is 16.8. The van der Waals surface area contributed by atoms with Gasteiger partial charge in [0.1, 0.15) is 5.92 Å². The van der Waals surface area contributed by atoms with Crippen molar-refractivity contribution in [1.82, 2.24) is 5.32 Å². The lowest BCUT2D eigenvalue weighted by Gasteiger charge is -2.28. The Morgan fingerprint density at radius 3 is 2.38 bits per heavy atom. The van der Waals surface area contributed by atoms with Crippen LogP contribution < -0.4 is 10.4 Å². The number of amides is 2. The highest BCUT2D eigenvalue weighted by atomic mass is 16.7. The molecule has 0 spiro atoms. The van der Waals surface area contributed by atoms with Crippen LogP contribution in [0.3, 0.4) is 0 Å². The van der Waals surface area contributed by atoms with Gasteiger partial charge in [-0.05, 0) is 31.0 Å². The smallest absolute Gasteiger partial charge is 0.259 e. The van der Waals surface area contributed by atoms with Gasteiger partial charge in [0.05, 0.1) is 11.7 Å². The highest BCUT2D eigenvalue weighted by Crippen LogP contribution is 2.45. The number of nitrogens with zero attached hydrogens (tertiary/aromatic N) is 1. The molecule has 2 fully saturated rings. The highest BCUT2D eigenvalue weighted by Gasteiger charge is 2.56. The molecule has 2 amide bonds. The van der Waals surface area contributed by atoms with Crippen molar-refractivity contribution in [3.05, 3.63) is 65.2 Å². The molecule has 5 nitrogen and oxygen atoms in total. The molecule has 2 aromatic rings. The monoisotopic (exact) mass is 322 g/mol. The third kappa shape index (κ3) is 2.20. The minimum Gasteiger partial charge on any atom is -0.294 e. The molecule has 0 bridgehead atoms. The average Bonchev–Trinajstić information content (AvgIpc) is 3.08. The molecule has 4 rings (SSSR count). The van der Waals surface area contributed by atoms with Gasteiger partial charge in [-0.2, -0.15) is 0 Å². The van der Waals surface area contributed by atoms with Crippen LogP contribution in [0, 0.1) is 19.8 Å². The number of aryl methyl sites for hydroxylation is 2. The number of carbonyl (C=O) groups is 2. The minimum atomic E-state index is -0.775. The fraction of sp³-hybridized carbons (Fsp3) is 0.263. The second-order valence-electron chi connectivity index (χ2n) is 6.37. The Balaban J connectivity index is 1.83. The maximum Gasteiger partial charge on any atom is 0.259 e. The molecule has 5 heteroatoms. The first-order valence-electron chi connectivity index (χ1n) is 7.99. The number of benzene rings is 2. The van der Waals surface area contributed by atoms with E-state index in [1.807, 2.05) is 62.4 Å². The quantitative estimate of drug-likeness (QED) is 0.863. The van der Waals surface area contributed by atoms with Crippen molar-refractivity contribution in [2.45, 2.75) is 26.0 Å². The molecule has 24 heavy (non-hydrogen) atoms. The molecule has 0 unspecified atom stereocenters. The number of carbonyl (C=O) groups excluding carboxylic acids is 2. The normalized spacial score (nSPS) is 25.8. The summed E-state index contributed by atoms with van der Waals surface area (Å²) in [7, 11) is 0. The van der Waals surface area contributed by atoms with Gasteiger partial charge in [-0.1, -0.05) is 48.0 Å². The molecule has 1 N–H and O–H groups in total. The first-order valence-corrected chi connectivity index (χ1v) is 7.99. The molecule has 2 aliphatic heterocycles. The van der Waals surface area contributed by atoms with Crippen molar-refractivity contribution in [2.75, 3.05) is 5.06 Å². The number of fused-ring (bicyclic) bond motifs is 1. The van der Waals surface area contributed by atoms with Crippen LogP contribution in [0.15, 0.2) is 48.5 Å². The maximum absolute atomic E-state index is 12.3. The lowest BCUT2D eigenvalue weighted by molar-refractivity contribution is -0.129. The van der Waals surface area contributed by atoms with Gasteiger partial charge in [0.25, 0.3) is 5.91 Å². The van der Waals surface area contributed by atoms with E-state index in [0.29, 0.717) is 0 Å². The van der Waals surface area contributed by atoms with Crippen molar-refractivity contribution >= 4 is 17.5 Å². The molecule has 3 atom stereocenters. The lowest BCUT2D eigenvalue weighted by atomic mass is 9.90. The average molecular weight is 322 g/mol. The Bertz CT molecular complexity index is 816. The highest BCUT2D eigenvalue weighted by molar-refractivity contribution is 6.07. The van der Waals surface area contributed by atoms with Crippen molar-refractivity contribution in [3.63, 3.8) is 0 Å². The molecule has 2 aliphatic rings. The van der Waals surface area contributed by atoms with E-state index in [2.05, 4.69) is 5.32 Å². The molecule has 2 aromatic carbocycles. The summed E-state index contributed by atoms with van der Waals surface area (Å²) in [5.74, 6) is -1.18. The SMILES string of the molecule is Cc1ccc([C@H]2[C@@H]3C(=O)NC(=O)[C@@H]3ON2c2ccccc2C)cc1. The molecule has 0 aliphatic carbocycles. The third-order valence-electron chi connectivity index (χ3n) is 4.73. The van der Waals surface area contributed by atoms with Crippen LogP contribution in [-0.2, 0) is 14.4 Å². The first-order chi connectivity index (χ1) is 11.6. The summed E-state index contributed by atoms with van der Waals surface area (Å²) in [6.07, 6.45) is -0.775. The number of hydroxylamine groups is 1. The van der Waals surface area contributed by atoms with Gasteiger partial charge < -0.3 is 0 Å². The second-order valence-corrected chi connectivity index (χ2v) is 6.37. The summed E-state index contributed by atoms with van der Waals surface area (Å²) in [4.78, 5) is 30.3. The summed E-state index contributed by atoms with van der Waals surface area (Å²) in [6, 6.07) is 15.5. The topological polar surface area (TPSA) is 58.6 Å². The van der Waals surface area contributed by atoms with E-state index >= 15 is 0 Å². The van der Waals surface area contributed by atoms with E-state index in [-0.39, 0.29) is 17.9 Å². The Morgan fingerprint density at radius 2 is 1.67 bits per heavy atom. The number of imide groups is 1. The standard InChI is InChI=1S/C19H18N2O3/c1-11-7-9-13(10-8-11)16-15-17(19(23)20-18(15)22)24-21(16)14-6-4-3-5-12(14)2/h3-10,15-17H,1-2H3,(H,20,22,23)/t15-,16-,17+/m0/s1. The van der Waals surface area contributed by atoms with Gasteiger partial charge in [-0.3, -0.25) is 19.7 Å². The van der Waals surface area contributed by atoms with E-state index in [1.165, 1.54) is 0 Å². The molecule has 0 radical (unpaired) electrons. The van der Waals surface area contributed by atoms with Gasteiger partial charge in [-0.25, -0.2) is 5.06 Å². The molecular formula is C19H18N2O3. The zero-order valence-corrected chi connectivity index (χ0v) is 13.5. The van der Waals surface area contributed by atoms with Crippen LogP contribution in [0.1, 0.15) is 22.7 Å². The van der Waals surface area contributed by atoms with Crippen LogP contribution in [0.2, 0.25) is 0 Å². The van der Waals surface area contributed by atoms with Crippen molar-refractivity contribution in [3.8, 4) is 0 Å². The van der Waals surface area contributed by atoms with Gasteiger partial charge >= 0.3 is 0 Å². The number of anilines is 1. The van der Waals surface area contributed by atoms with E-state index in [4.69, 9.17) is 4.84 Å². The van der Waals surface area contributed by atoms with Crippen molar-refractivity contribution in [2.24, 2.45) is 5.92 Å². The fourth-order valence-electron chi connectivity index (χ4n) is 3.46. The summed E-state index contributed by atoms with van der Waals surface area (Å²) in [6.45, 7) is 4.00. The van der Waals surface area contributed by atoms with Gasteiger partial charge in [-0.15, -0.1) is 0 Å². The summed E-state index contributed by atoms with van der Waals surface area (Å²) in [5, 5.41) is 4.12. The Hall–Kier alpha value is -2.66. The zero-order valence-electron chi connectivity index (χ0n) is 13.5. The van der Waals surface area contributed by atoms with Crippen molar-refractivity contribution in [1.29, 1.82) is 0 Å². The van der Waals surface area contributed by atoms with E-state index in [0.717, 1.165) is 22.4 Å². The predicted octanol–water partition coefficient (Wildman–Crippen LogP) is 2.44. The van der Waals surface area contributed by atoms with E-state index < -0.39 is 12.0 Å². The Morgan fingerprint density at radius 1 is 0.958 bits per heavy atom. The minimum absolute atomic E-state index is 0.272. The Labute approximate surface area is 140 Å². The van der Waals surface area contributed by atoms with E-state index in [1.54, 1.807) is 5.06 Å². The fourth-order valence-corrected chi connectivity index (χ4v) is 3.46. The van der Waals surface area contributed by atoms with Crippen LogP contribution in [0.5, 0.6) is 0 Å². The summed E-state index contributed by atoms with van der Waals surface area (Å²) >= 11 is 0. The predicted molar refractivity (Wildman–Crippen MR) is 89.1 cm³/mol. The number of hydrogen-bond acceptors (Lipinski definition) is 4. The number of para-hydroxylation sites is 1. The number of rotatable bonds is 2. The van der Waals surface area contributed by atoms with Gasteiger partial charge in [0, 0.05) is 0 Å².